The number of para-hydroxylation sites is 1. The van der Waals surface area contributed by atoms with Gasteiger partial charge in [0.05, 0.1) is 29.5 Å². The first-order valence-electron chi connectivity index (χ1n) is 7.34. The zero-order valence-corrected chi connectivity index (χ0v) is 12.9. The molecule has 0 saturated heterocycles. The van der Waals surface area contributed by atoms with Crippen LogP contribution >= 0.6 is 0 Å². The van der Waals surface area contributed by atoms with Gasteiger partial charge < -0.3 is 9.73 Å². The van der Waals surface area contributed by atoms with Crippen molar-refractivity contribution in [1.82, 2.24) is 14.9 Å². The Morgan fingerprint density at radius 3 is 2.91 bits per heavy atom. The van der Waals surface area contributed by atoms with Gasteiger partial charge in [-0.05, 0) is 37.6 Å². The van der Waals surface area contributed by atoms with E-state index in [0.717, 1.165) is 5.56 Å². The summed E-state index contributed by atoms with van der Waals surface area (Å²) in [5, 5.41) is 3.31. The second-order valence-electron chi connectivity index (χ2n) is 5.45. The lowest BCUT2D eigenvalue weighted by atomic mass is 10.1. The Balaban J connectivity index is 1.80. The van der Waals surface area contributed by atoms with Crippen molar-refractivity contribution in [3.63, 3.8) is 0 Å². The lowest BCUT2D eigenvalue weighted by Gasteiger charge is -2.12. The van der Waals surface area contributed by atoms with Crippen LogP contribution in [0.15, 0.2) is 52.1 Å². The number of nitrogens with zero attached hydrogens (tertiary/aromatic N) is 2. The zero-order valence-electron chi connectivity index (χ0n) is 12.9. The largest absolute Gasteiger partial charge is 0.467 e. The molecule has 23 heavy (non-hydrogen) atoms. The fourth-order valence-corrected chi connectivity index (χ4v) is 2.50. The summed E-state index contributed by atoms with van der Waals surface area (Å²) in [5.41, 5.74) is 1.38. The lowest BCUT2D eigenvalue weighted by molar-refractivity contribution is -0.122. The van der Waals surface area contributed by atoms with Crippen LogP contribution in [0.3, 0.4) is 0 Å². The number of fused-ring (bicyclic) bond motifs is 1. The summed E-state index contributed by atoms with van der Waals surface area (Å²) in [6.07, 6.45) is 2.97. The smallest absolute Gasteiger partial charge is 0.261 e. The number of furan rings is 1. The molecule has 6 nitrogen and oxygen atoms in total. The predicted octanol–water partition coefficient (Wildman–Crippen LogP) is 2.18. The second-order valence-corrected chi connectivity index (χ2v) is 5.45. The van der Waals surface area contributed by atoms with Crippen LogP contribution in [-0.2, 0) is 11.3 Å². The molecule has 0 saturated carbocycles. The van der Waals surface area contributed by atoms with Gasteiger partial charge in [-0.25, -0.2) is 4.98 Å². The topological polar surface area (TPSA) is 77.1 Å². The highest BCUT2D eigenvalue weighted by Crippen LogP contribution is 2.13. The molecule has 1 unspecified atom stereocenters. The molecule has 0 fully saturated rings. The van der Waals surface area contributed by atoms with Crippen molar-refractivity contribution in [1.29, 1.82) is 0 Å². The minimum atomic E-state index is -0.273. The zero-order chi connectivity index (χ0) is 16.4. The first-order valence-corrected chi connectivity index (χ1v) is 7.34. The molecule has 0 bridgehead atoms. The van der Waals surface area contributed by atoms with Gasteiger partial charge in [0, 0.05) is 0 Å². The van der Waals surface area contributed by atoms with Gasteiger partial charge >= 0.3 is 0 Å². The minimum Gasteiger partial charge on any atom is -0.467 e. The van der Waals surface area contributed by atoms with Crippen molar-refractivity contribution < 1.29 is 9.21 Å². The summed E-state index contributed by atoms with van der Waals surface area (Å²) >= 11 is 0. The highest BCUT2D eigenvalue weighted by atomic mass is 16.3. The third-order valence-electron chi connectivity index (χ3n) is 3.72. The fraction of sp³-hybridized carbons (Fsp3) is 0.235. The van der Waals surface area contributed by atoms with Crippen molar-refractivity contribution in [2.75, 3.05) is 0 Å². The number of hydrogen-bond donors (Lipinski definition) is 1. The van der Waals surface area contributed by atoms with Crippen LogP contribution in [0.4, 0.5) is 0 Å². The first-order chi connectivity index (χ1) is 11.1. The molecule has 118 valence electrons. The van der Waals surface area contributed by atoms with Gasteiger partial charge in [-0.2, -0.15) is 0 Å². The van der Waals surface area contributed by atoms with Crippen LogP contribution in [0, 0.1) is 6.92 Å². The molecular weight excluding hydrogens is 294 g/mol. The first kappa shape index (κ1) is 15.0. The maximum absolute atomic E-state index is 12.5. The number of hydrogen-bond acceptors (Lipinski definition) is 4. The van der Waals surface area contributed by atoms with E-state index < -0.39 is 0 Å². The molecule has 0 spiro atoms. The molecule has 0 aliphatic rings. The van der Waals surface area contributed by atoms with Gasteiger partial charge in [-0.1, -0.05) is 12.1 Å². The van der Waals surface area contributed by atoms with E-state index in [2.05, 4.69) is 10.3 Å². The number of carbonyl (C=O) groups is 1. The minimum absolute atomic E-state index is 0.0826. The van der Waals surface area contributed by atoms with E-state index in [-0.39, 0.29) is 24.1 Å². The Morgan fingerprint density at radius 1 is 1.35 bits per heavy atom. The maximum Gasteiger partial charge on any atom is 0.261 e. The summed E-state index contributed by atoms with van der Waals surface area (Å²) in [6.45, 7) is 3.64. The van der Waals surface area contributed by atoms with E-state index in [1.54, 1.807) is 24.5 Å². The Morgan fingerprint density at radius 2 is 2.17 bits per heavy atom. The number of carbonyl (C=O) groups excluding carboxylic acids is 1. The molecule has 2 aromatic heterocycles. The normalized spacial score (nSPS) is 12.3. The lowest BCUT2D eigenvalue weighted by Crippen LogP contribution is -2.33. The summed E-state index contributed by atoms with van der Waals surface area (Å²) in [5.74, 6) is 0.391. The summed E-state index contributed by atoms with van der Waals surface area (Å²) in [4.78, 5) is 28.9. The molecule has 0 aliphatic carbocycles. The van der Waals surface area contributed by atoms with E-state index in [0.29, 0.717) is 16.7 Å². The van der Waals surface area contributed by atoms with Crippen LogP contribution in [0.5, 0.6) is 0 Å². The van der Waals surface area contributed by atoms with E-state index in [9.17, 15) is 9.59 Å². The van der Waals surface area contributed by atoms with Crippen molar-refractivity contribution in [2.24, 2.45) is 0 Å². The average molecular weight is 311 g/mol. The molecule has 0 radical (unpaired) electrons. The molecule has 1 aromatic carbocycles. The third-order valence-corrected chi connectivity index (χ3v) is 3.72. The highest BCUT2D eigenvalue weighted by molar-refractivity contribution is 5.81. The van der Waals surface area contributed by atoms with E-state index in [1.807, 2.05) is 26.0 Å². The monoisotopic (exact) mass is 311 g/mol. The summed E-state index contributed by atoms with van der Waals surface area (Å²) in [7, 11) is 0. The van der Waals surface area contributed by atoms with E-state index >= 15 is 0 Å². The molecule has 3 rings (SSSR count). The number of nitrogens with one attached hydrogen (secondary N) is 1. The van der Waals surface area contributed by atoms with Crippen LogP contribution in [-0.4, -0.2) is 15.5 Å². The van der Waals surface area contributed by atoms with Gasteiger partial charge in [0.15, 0.2) is 0 Å². The number of benzene rings is 1. The van der Waals surface area contributed by atoms with Gasteiger partial charge in [0.2, 0.25) is 5.91 Å². The maximum atomic E-state index is 12.5. The van der Waals surface area contributed by atoms with Crippen LogP contribution in [0.1, 0.15) is 24.3 Å². The predicted molar refractivity (Wildman–Crippen MR) is 86.0 cm³/mol. The molecule has 2 heterocycles. The number of aryl methyl sites for hydroxylation is 1. The van der Waals surface area contributed by atoms with Gasteiger partial charge in [0.25, 0.3) is 5.56 Å². The molecule has 1 atom stereocenters. The van der Waals surface area contributed by atoms with Crippen LogP contribution in [0.2, 0.25) is 0 Å². The van der Waals surface area contributed by atoms with Crippen molar-refractivity contribution >= 4 is 16.8 Å². The highest BCUT2D eigenvalue weighted by Gasteiger charge is 2.13. The Bertz CT molecular complexity index is 897. The average Bonchev–Trinajstić information content (AvgIpc) is 3.05. The van der Waals surface area contributed by atoms with Crippen molar-refractivity contribution in [3.8, 4) is 0 Å². The quantitative estimate of drug-likeness (QED) is 0.801. The van der Waals surface area contributed by atoms with Gasteiger partial charge in [-0.3, -0.25) is 14.2 Å². The third kappa shape index (κ3) is 3.01. The Kier molecular flexibility index (Phi) is 3.97. The summed E-state index contributed by atoms with van der Waals surface area (Å²) in [6, 6.07) is 8.72. The number of amides is 1. The number of aromatic nitrogens is 2. The Labute approximate surface area is 132 Å². The van der Waals surface area contributed by atoms with Gasteiger partial charge in [0.1, 0.15) is 12.3 Å². The molecule has 1 amide bonds. The van der Waals surface area contributed by atoms with Crippen molar-refractivity contribution in [2.45, 2.75) is 26.4 Å². The van der Waals surface area contributed by atoms with Gasteiger partial charge in [-0.15, -0.1) is 0 Å². The molecular formula is C17H17N3O3. The Hall–Kier alpha value is -2.89. The fourth-order valence-electron chi connectivity index (χ4n) is 2.50. The standard InChI is InChI=1S/C17H17N3O3/c1-11-5-3-6-13-16(11)18-10-20(17(13)22)9-15(21)19-12(2)14-7-4-8-23-14/h3-8,10,12H,9H2,1-2H3,(H,19,21). The molecule has 6 heteroatoms. The molecule has 3 aromatic rings. The van der Waals surface area contributed by atoms with Crippen LogP contribution in [0.25, 0.3) is 10.9 Å². The van der Waals surface area contributed by atoms with Crippen molar-refractivity contribution in [3.05, 3.63) is 64.6 Å². The van der Waals surface area contributed by atoms with Crippen LogP contribution < -0.4 is 10.9 Å². The van der Waals surface area contributed by atoms with E-state index in [4.69, 9.17) is 4.42 Å². The molecule has 1 N–H and O–H groups in total. The number of rotatable bonds is 4. The summed E-state index contributed by atoms with van der Waals surface area (Å²) < 4.78 is 6.56. The van der Waals surface area contributed by atoms with E-state index in [1.165, 1.54) is 10.9 Å². The SMILES string of the molecule is Cc1cccc2c(=O)n(CC(=O)NC(C)c3ccco3)cnc12. The molecule has 0 aliphatic heterocycles. The second kappa shape index (κ2) is 6.08.